The summed E-state index contributed by atoms with van der Waals surface area (Å²) in [6, 6.07) is 0. The molecule has 0 aliphatic heterocycles. The van der Waals surface area contributed by atoms with Gasteiger partial charge in [-0.3, -0.25) is 4.79 Å². The number of hydrogen-bond acceptors (Lipinski definition) is 6. The smallest absolute Gasteiger partial charge is 0.246 e. The fourth-order valence-electron chi connectivity index (χ4n) is 1.41. The summed E-state index contributed by atoms with van der Waals surface area (Å²) in [4.78, 5) is 11.4. The Morgan fingerprint density at radius 2 is 2.00 bits per heavy atom. The molecule has 0 heterocycles. The van der Waals surface area contributed by atoms with Crippen LogP contribution in [0, 0.1) is 11.8 Å². The molecule has 1 atom stereocenters. The highest BCUT2D eigenvalue weighted by atomic mass is 33.1. The quantitative estimate of drug-likeness (QED) is 0.187. The van der Waals surface area contributed by atoms with E-state index in [2.05, 4.69) is 41.6 Å². The van der Waals surface area contributed by atoms with E-state index in [1.807, 2.05) is 35.4 Å². The van der Waals surface area contributed by atoms with Gasteiger partial charge in [-0.05, 0) is 19.9 Å². The second-order valence-corrected chi connectivity index (χ2v) is 7.07. The van der Waals surface area contributed by atoms with Crippen molar-refractivity contribution in [3.8, 4) is 11.8 Å². The molecule has 0 spiro atoms. The average molecular weight is 378 g/mol. The Kier molecular flexibility index (Phi) is 24.3. The van der Waals surface area contributed by atoms with E-state index >= 15 is 0 Å². The summed E-state index contributed by atoms with van der Waals surface area (Å²) in [5.74, 6) is 6.48. The number of nitrogens with one attached hydrogen (secondary N) is 3. The summed E-state index contributed by atoms with van der Waals surface area (Å²) >= 11 is 0. The first-order valence-corrected chi connectivity index (χ1v) is 11.1. The normalized spacial score (nSPS) is 10.9. The Hall–Kier alpha value is -0.390. The molecule has 1 unspecified atom stereocenters. The van der Waals surface area contributed by atoms with Crippen molar-refractivity contribution in [3.63, 3.8) is 0 Å². The number of carbonyl (C=O) groups excluding carboxylic acids is 1. The molecule has 142 valence electrons. The van der Waals surface area contributed by atoms with Gasteiger partial charge in [0.05, 0.1) is 18.5 Å². The highest BCUT2D eigenvalue weighted by molar-refractivity contribution is 8.76. The lowest BCUT2D eigenvalue weighted by Gasteiger charge is -2.15. The zero-order chi connectivity index (χ0) is 18.5. The summed E-state index contributed by atoms with van der Waals surface area (Å²) in [5, 5.41) is 9.82. The molecule has 0 aromatic rings. The fraction of sp³-hybridized carbons (Fsp3) is 0.824. The monoisotopic (exact) mass is 377 g/mol. The molecule has 0 aliphatic rings. The molecule has 24 heavy (non-hydrogen) atoms. The molecule has 0 radical (unpaired) electrons. The summed E-state index contributed by atoms with van der Waals surface area (Å²) in [5.41, 5.74) is 0. The van der Waals surface area contributed by atoms with Crippen molar-refractivity contribution in [2.24, 2.45) is 0 Å². The van der Waals surface area contributed by atoms with Crippen LogP contribution in [0.15, 0.2) is 0 Å². The predicted octanol–water partition coefficient (Wildman–Crippen LogP) is 2.49. The van der Waals surface area contributed by atoms with Crippen molar-refractivity contribution in [2.45, 2.75) is 46.4 Å². The fourth-order valence-corrected chi connectivity index (χ4v) is 3.86. The maximum atomic E-state index is 11.4. The topological polar surface area (TPSA) is 62.4 Å². The van der Waals surface area contributed by atoms with Gasteiger partial charge >= 0.3 is 0 Å². The van der Waals surface area contributed by atoms with Gasteiger partial charge in [0.2, 0.25) is 5.91 Å². The Morgan fingerprint density at radius 3 is 2.62 bits per heavy atom. The number of ether oxygens (including phenoxy) is 1. The molecule has 3 N–H and O–H groups in total. The van der Waals surface area contributed by atoms with Crippen LogP contribution in [0.5, 0.6) is 0 Å². The molecule has 0 aromatic heterocycles. The van der Waals surface area contributed by atoms with Gasteiger partial charge in [-0.15, -0.1) is 5.92 Å². The molecule has 0 fully saturated rings. The van der Waals surface area contributed by atoms with Crippen LogP contribution in [-0.2, 0) is 9.53 Å². The Balaban J connectivity index is 0. The van der Waals surface area contributed by atoms with Gasteiger partial charge in [0.15, 0.2) is 0 Å². The van der Waals surface area contributed by atoms with Crippen LogP contribution in [0.1, 0.15) is 41.0 Å². The SMILES string of the molecule is CC.CC#CCNC(=O)COCCNC(CC)SSCCNCC. The number of carbonyl (C=O) groups is 1. The molecule has 0 saturated heterocycles. The molecule has 7 heteroatoms. The maximum Gasteiger partial charge on any atom is 0.246 e. The highest BCUT2D eigenvalue weighted by Crippen LogP contribution is 2.26. The van der Waals surface area contributed by atoms with Crippen molar-refractivity contribution in [1.29, 1.82) is 0 Å². The number of amides is 1. The first-order chi connectivity index (χ1) is 11.7. The molecule has 5 nitrogen and oxygen atoms in total. The third-order valence-electron chi connectivity index (χ3n) is 2.57. The van der Waals surface area contributed by atoms with Gasteiger partial charge in [-0.25, -0.2) is 0 Å². The second-order valence-electron chi connectivity index (χ2n) is 4.38. The van der Waals surface area contributed by atoms with Crippen LogP contribution in [0.2, 0.25) is 0 Å². The van der Waals surface area contributed by atoms with Gasteiger partial charge < -0.3 is 20.7 Å². The molecule has 0 rings (SSSR count). The minimum Gasteiger partial charge on any atom is -0.370 e. The summed E-state index contributed by atoms with van der Waals surface area (Å²) < 4.78 is 5.33. The molecular weight excluding hydrogens is 342 g/mol. The van der Waals surface area contributed by atoms with Crippen LogP contribution in [-0.4, -0.2) is 56.4 Å². The van der Waals surface area contributed by atoms with Gasteiger partial charge in [-0.2, -0.15) is 0 Å². The second kappa shape index (κ2) is 22.6. The minimum atomic E-state index is -0.122. The zero-order valence-corrected chi connectivity index (χ0v) is 17.5. The zero-order valence-electron chi connectivity index (χ0n) is 15.9. The van der Waals surface area contributed by atoms with Crippen LogP contribution < -0.4 is 16.0 Å². The molecular formula is C17H35N3O2S2. The first kappa shape index (κ1) is 25.8. The number of hydrogen-bond donors (Lipinski definition) is 3. The van der Waals surface area contributed by atoms with Gasteiger partial charge in [-0.1, -0.05) is 55.2 Å². The Morgan fingerprint density at radius 1 is 1.25 bits per heavy atom. The lowest BCUT2D eigenvalue weighted by molar-refractivity contribution is -0.125. The van der Waals surface area contributed by atoms with Crippen LogP contribution in [0.4, 0.5) is 0 Å². The van der Waals surface area contributed by atoms with Gasteiger partial charge in [0.25, 0.3) is 0 Å². The van der Waals surface area contributed by atoms with Crippen molar-refractivity contribution < 1.29 is 9.53 Å². The minimum absolute atomic E-state index is 0.0917. The predicted molar refractivity (Wildman–Crippen MR) is 109 cm³/mol. The van der Waals surface area contributed by atoms with Crippen molar-refractivity contribution in [1.82, 2.24) is 16.0 Å². The van der Waals surface area contributed by atoms with E-state index in [9.17, 15) is 4.79 Å². The Labute approximate surface area is 156 Å². The van der Waals surface area contributed by atoms with Crippen molar-refractivity contribution >= 4 is 27.5 Å². The number of rotatable bonds is 14. The van der Waals surface area contributed by atoms with E-state index in [-0.39, 0.29) is 12.5 Å². The maximum absolute atomic E-state index is 11.4. The summed E-state index contributed by atoms with van der Waals surface area (Å²) in [6.45, 7) is 13.9. The lowest BCUT2D eigenvalue weighted by Crippen LogP contribution is -2.31. The van der Waals surface area contributed by atoms with E-state index in [0.717, 1.165) is 31.8 Å². The molecule has 1 amide bonds. The summed E-state index contributed by atoms with van der Waals surface area (Å²) in [6.07, 6.45) is 1.06. The lowest BCUT2D eigenvalue weighted by atomic mass is 10.4. The first-order valence-electron chi connectivity index (χ1n) is 8.70. The van der Waals surface area contributed by atoms with E-state index in [1.165, 1.54) is 0 Å². The third kappa shape index (κ3) is 19.7. The van der Waals surface area contributed by atoms with E-state index < -0.39 is 0 Å². The van der Waals surface area contributed by atoms with Crippen molar-refractivity contribution in [3.05, 3.63) is 0 Å². The van der Waals surface area contributed by atoms with Gasteiger partial charge in [0, 0.05) is 18.8 Å². The van der Waals surface area contributed by atoms with Crippen LogP contribution in [0.3, 0.4) is 0 Å². The Bertz CT molecular complexity index is 334. The summed E-state index contributed by atoms with van der Waals surface area (Å²) in [7, 11) is 3.75. The van der Waals surface area contributed by atoms with Crippen LogP contribution in [0.25, 0.3) is 0 Å². The molecule has 0 aliphatic carbocycles. The van der Waals surface area contributed by atoms with E-state index in [0.29, 0.717) is 18.5 Å². The largest absolute Gasteiger partial charge is 0.370 e. The van der Waals surface area contributed by atoms with E-state index in [4.69, 9.17) is 4.74 Å². The van der Waals surface area contributed by atoms with Crippen molar-refractivity contribution in [2.75, 3.05) is 45.1 Å². The molecule has 0 saturated carbocycles. The van der Waals surface area contributed by atoms with E-state index in [1.54, 1.807) is 6.92 Å². The van der Waals surface area contributed by atoms with Crippen LogP contribution >= 0.6 is 21.6 Å². The highest BCUT2D eigenvalue weighted by Gasteiger charge is 2.06. The third-order valence-corrected chi connectivity index (χ3v) is 5.41. The van der Waals surface area contributed by atoms with Gasteiger partial charge in [0.1, 0.15) is 6.61 Å². The molecule has 0 aromatic carbocycles. The standard InChI is InChI=1S/C15H29N3O2S2.C2H6/c1-4-7-8-17-14(19)13-20-11-9-18-15(5-2)22-21-12-10-16-6-3;1-2/h15-16,18H,5-6,8-13H2,1-3H3,(H,17,19);1-2H3. The molecule has 0 bridgehead atoms. The average Bonchev–Trinajstić information content (AvgIpc) is 2.61.